The molecule has 0 bridgehead atoms. The van der Waals surface area contributed by atoms with E-state index in [2.05, 4.69) is 20.7 Å². The molecule has 1 N–H and O–H groups in total. The Labute approximate surface area is 173 Å². The lowest BCUT2D eigenvalue weighted by molar-refractivity contribution is -0.122. The molecule has 0 radical (unpaired) electrons. The van der Waals surface area contributed by atoms with Gasteiger partial charge >= 0.3 is 0 Å². The van der Waals surface area contributed by atoms with Gasteiger partial charge in [0.25, 0.3) is 0 Å². The summed E-state index contributed by atoms with van der Waals surface area (Å²) in [7, 11) is 0. The van der Waals surface area contributed by atoms with Crippen molar-refractivity contribution in [3.05, 3.63) is 102 Å². The fraction of sp³-hybridized carbons (Fsp3) is 0.130. The molecule has 0 unspecified atom stereocenters. The first-order chi connectivity index (χ1) is 14.7. The first-order valence-corrected chi connectivity index (χ1v) is 9.59. The highest BCUT2D eigenvalue weighted by Gasteiger charge is 2.17. The summed E-state index contributed by atoms with van der Waals surface area (Å²) in [5.41, 5.74) is 2.78. The van der Waals surface area contributed by atoms with Crippen molar-refractivity contribution in [2.45, 2.75) is 19.0 Å². The Morgan fingerprint density at radius 1 is 0.933 bits per heavy atom. The fourth-order valence-corrected chi connectivity index (χ4v) is 3.18. The molecule has 1 atom stereocenters. The average Bonchev–Trinajstić information content (AvgIpc) is 3.23. The van der Waals surface area contributed by atoms with E-state index in [1.807, 2.05) is 60.7 Å². The van der Waals surface area contributed by atoms with Crippen LogP contribution in [0.5, 0.6) is 0 Å². The van der Waals surface area contributed by atoms with Crippen molar-refractivity contribution < 1.29 is 9.18 Å². The number of nitrogens with one attached hydrogen (secondary N) is 1. The van der Waals surface area contributed by atoms with Gasteiger partial charge in [-0.05, 0) is 47.0 Å². The van der Waals surface area contributed by atoms with Gasteiger partial charge in [-0.25, -0.2) is 4.39 Å². The molecule has 0 aliphatic carbocycles. The smallest absolute Gasteiger partial charge is 0.244 e. The van der Waals surface area contributed by atoms with Crippen LogP contribution in [0.4, 0.5) is 4.39 Å². The van der Waals surface area contributed by atoms with Crippen molar-refractivity contribution in [2.24, 2.45) is 0 Å². The van der Waals surface area contributed by atoms with Crippen LogP contribution in [0.15, 0.2) is 84.9 Å². The van der Waals surface area contributed by atoms with E-state index in [4.69, 9.17) is 0 Å². The van der Waals surface area contributed by atoms with E-state index in [0.717, 1.165) is 11.1 Å². The maximum absolute atomic E-state index is 13.1. The number of carbonyl (C=O) groups is 1. The molecule has 6 nitrogen and oxygen atoms in total. The van der Waals surface area contributed by atoms with Crippen LogP contribution in [0, 0.1) is 5.82 Å². The Morgan fingerprint density at radius 3 is 2.30 bits per heavy atom. The van der Waals surface area contributed by atoms with Crippen molar-refractivity contribution in [2.75, 3.05) is 0 Å². The second kappa shape index (κ2) is 9.09. The molecule has 3 aromatic carbocycles. The summed E-state index contributed by atoms with van der Waals surface area (Å²) in [6.45, 7) is -0.0632. The Bertz CT molecular complexity index is 1100. The molecule has 0 saturated carbocycles. The second-order valence-corrected chi connectivity index (χ2v) is 6.87. The zero-order valence-electron chi connectivity index (χ0n) is 16.1. The predicted molar refractivity (Wildman–Crippen MR) is 111 cm³/mol. The van der Waals surface area contributed by atoms with Crippen LogP contribution in [0.1, 0.15) is 17.2 Å². The quantitative estimate of drug-likeness (QED) is 0.514. The van der Waals surface area contributed by atoms with Crippen LogP contribution in [-0.4, -0.2) is 26.1 Å². The average molecular weight is 401 g/mol. The molecule has 0 aliphatic heterocycles. The minimum absolute atomic E-state index is 0.0632. The lowest BCUT2D eigenvalue weighted by Crippen LogP contribution is -2.33. The number of aromatic nitrogens is 4. The number of nitrogens with zero attached hydrogens (tertiary/aromatic N) is 4. The van der Waals surface area contributed by atoms with Gasteiger partial charge in [-0.2, -0.15) is 4.80 Å². The van der Waals surface area contributed by atoms with Crippen molar-refractivity contribution in [3.8, 4) is 11.4 Å². The van der Waals surface area contributed by atoms with E-state index in [1.165, 1.54) is 16.9 Å². The third kappa shape index (κ3) is 4.94. The van der Waals surface area contributed by atoms with Crippen molar-refractivity contribution in [1.29, 1.82) is 0 Å². The van der Waals surface area contributed by atoms with E-state index in [1.54, 1.807) is 12.1 Å². The largest absolute Gasteiger partial charge is 0.347 e. The van der Waals surface area contributed by atoms with Crippen molar-refractivity contribution in [3.63, 3.8) is 0 Å². The molecular formula is C23H20FN5O. The Kier molecular flexibility index (Phi) is 5.89. The van der Waals surface area contributed by atoms with Gasteiger partial charge in [-0.15, -0.1) is 10.2 Å². The molecule has 7 heteroatoms. The van der Waals surface area contributed by atoms with Gasteiger partial charge in [-0.1, -0.05) is 60.7 Å². The number of hydrogen-bond donors (Lipinski definition) is 1. The summed E-state index contributed by atoms with van der Waals surface area (Å²) in [6.07, 6.45) is 0.669. The Morgan fingerprint density at radius 2 is 1.60 bits per heavy atom. The van der Waals surface area contributed by atoms with Gasteiger partial charge in [0.05, 0.1) is 6.04 Å². The lowest BCUT2D eigenvalue weighted by Gasteiger charge is -2.19. The number of benzene rings is 3. The molecule has 30 heavy (non-hydrogen) atoms. The van der Waals surface area contributed by atoms with Gasteiger partial charge in [-0.3, -0.25) is 4.79 Å². The number of halogens is 1. The van der Waals surface area contributed by atoms with E-state index in [0.29, 0.717) is 17.8 Å². The molecule has 0 spiro atoms. The third-order valence-corrected chi connectivity index (χ3v) is 4.66. The molecule has 0 saturated heterocycles. The van der Waals surface area contributed by atoms with Crippen LogP contribution in [-0.2, 0) is 17.8 Å². The van der Waals surface area contributed by atoms with Crippen LogP contribution in [0.25, 0.3) is 11.4 Å². The Balaban J connectivity index is 1.46. The maximum atomic E-state index is 13.1. The van der Waals surface area contributed by atoms with E-state index in [9.17, 15) is 9.18 Å². The van der Waals surface area contributed by atoms with E-state index < -0.39 is 0 Å². The standard InChI is InChI=1S/C23H20FN5O/c24-20-13-11-19(12-14-20)23-26-28-29(27-23)16-22(30)25-21(18-9-5-2-6-10-18)15-17-7-3-1-4-8-17/h1-14,21H,15-16H2,(H,25,30)/t21-/m1/s1. The third-order valence-electron chi connectivity index (χ3n) is 4.66. The second-order valence-electron chi connectivity index (χ2n) is 6.87. The topological polar surface area (TPSA) is 72.7 Å². The number of hydrogen-bond acceptors (Lipinski definition) is 4. The van der Waals surface area contributed by atoms with E-state index in [-0.39, 0.29) is 24.3 Å². The van der Waals surface area contributed by atoms with Crippen LogP contribution in [0.2, 0.25) is 0 Å². The van der Waals surface area contributed by atoms with Gasteiger partial charge < -0.3 is 5.32 Å². The molecule has 4 aromatic rings. The minimum atomic E-state index is -0.337. The highest BCUT2D eigenvalue weighted by Crippen LogP contribution is 2.18. The molecule has 0 aliphatic rings. The number of tetrazole rings is 1. The number of rotatable bonds is 7. The highest BCUT2D eigenvalue weighted by molar-refractivity contribution is 5.76. The molecule has 0 fully saturated rings. The molecule has 1 aromatic heterocycles. The van der Waals surface area contributed by atoms with Crippen LogP contribution < -0.4 is 5.32 Å². The summed E-state index contributed by atoms with van der Waals surface area (Å²) in [5.74, 6) is -0.217. The van der Waals surface area contributed by atoms with E-state index >= 15 is 0 Å². The van der Waals surface area contributed by atoms with Crippen LogP contribution in [0.3, 0.4) is 0 Å². The summed E-state index contributed by atoms with van der Waals surface area (Å²) in [4.78, 5) is 13.9. The number of amides is 1. The summed E-state index contributed by atoms with van der Waals surface area (Å²) in [6, 6.07) is 25.5. The van der Waals surface area contributed by atoms with Gasteiger partial charge in [0.2, 0.25) is 11.7 Å². The predicted octanol–water partition coefficient (Wildman–Crippen LogP) is 3.58. The fourth-order valence-electron chi connectivity index (χ4n) is 3.18. The highest BCUT2D eigenvalue weighted by atomic mass is 19.1. The van der Waals surface area contributed by atoms with Crippen molar-refractivity contribution in [1.82, 2.24) is 25.5 Å². The lowest BCUT2D eigenvalue weighted by atomic mass is 9.99. The van der Waals surface area contributed by atoms with Gasteiger partial charge in [0.1, 0.15) is 12.4 Å². The van der Waals surface area contributed by atoms with Crippen LogP contribution >= 0.6 is 0 Å². The molecule has 1 heterocycles. The first kappa shape index (κ1) is 19.4. The molecule has 1 amide bonds. The molecule has 150 valence electrons. The molecule has 4 rings (SSSR count). The van der Waals surface area contributed by atoms with Gasteiger partial charge in [0.15, 0.2) is 0 Å². The zero-order valence-corrected chi connectivity index (χ0v) is 16.1. The minimum Gasteiger partial charge on any atom is -0.347 e. The summed E-state index contributed by atoms with van der Waals surface area (Å²) in [5, 5.41) is 15.2. The Hall–Kier alpha value is -3.87. The summed E-state index contributed by atoms with van der Waals surface area (Å²) >= 11 is 0. The maximum Gasteiger partial charge on any atom is 0.244 e. The normalized spacial score (nSPS) is 11.8. The van der Waals surface area contributed by atoms with Gasteiger partial charge in [0, 0.05) is 5.56 Å². The number of carbonyl (C=O) groups excluding carboxylic acids is 1. The SMILES string of the molecule is O=C(Cn1nnc(-c2ccc(F)cc2)n1)N[C@H](Cc1ccccc1)c1ccccc1. The summed E-state index contributed by atoms with van der Waals surface area (Å²) < 4.78 is 13.1. The molecular weight excluding hydrogens is 381 g/mol. The monoisotopic (exact) mass is 401 g/mol. The van der Waals surface area contributed by atoms with Crippen molar-refractivity contribution >= 4 is 5.91 Å². The zero-order chi connectivity index (χ0) is 20.8. The first-order valence-electron chi connectivity index (χ1n) is 9.59.